The molecule has 0 saturated heterocycles. The molecule has 0 atom stereocenters. The molecular formula is C6H9F2O3P. The van der Waals surface area contributed by atoms with Crippen LogP contribution in [0.15, 0.2) is 25.2 Å². The van der Waals surface area contributed by atoms with E-state index in [1.54, 1.807) is 0 Å². The van der Waals surface area contributed by atoms with Crippen molar-refractivity contribution >= 4 is 7.60 Å². The van der Waals surface area contributed by atoms with E-state index >= 15 is 0 Å². The van der Waals surface area contributed by atoms with E-state index in [2.05, 4.69) is 9.05 Å². The highest BCUT2D eigenvalue weighted by Crippen LogP contribution is 2.48. The molecule has 0 N–H and O–H groups in total. The van der Waals surface area contributed by atoms with Crippen molar-refractivity contribution in [3.05, 3.63) is 25.2 Å². The molecule has 0 unspecified atom stereocenters. The molecule has 6 heteroatoms. The summed E-state index contributed by atoms with van der Waals surface area (Å²) in [6.45, 7) is 1.51. The van der Waals surface area contributed by atoms with Gasteiger partial charge in [0.15, 0.2) is 0 Å². The Bertz CT molecular complexity index is 197. The maximum Gasteiger partial charge on any atom is 0.429 e. The first-order valence-electron chi connectivity index (χ1n) is 3.15. The summed E-state index contributed by atoms with van der Waals surface area (Å²) in [6, 6.07) is 0. The van der Waals surface area contributed by atoms with Crippen LogP contribution in [-0.4, -0.2) is 6.16 Å². The quantitative estimate of drug-likeness (QED) is 0.502. The zero-order valence-electron chi connectivity index (χ0n) is 6.44. The highest BCUT2D eigenvalue weighted by Gasteiger charge is 2.20. The largest absolute Gasteiger partial charge is 0.429 e. The zero-order valence-corrected chi connectivity index (χ0v) is 7.34. The van der Waals surface area contributed by atoms with Crippen molar-refractivity contribution in [2.24, 2.45) is 0 Å². The summed E-state index contributed by atoms with van der Waals surface area (Å²) >= 11 is 0. The lowest BCUT2D eigenvalue weighted by Crippen LogP contribution is -1.88. The molecule has 0 radical (unpaired) electrons. The van der Waals surface area contributed by atoms with Crippen LogP contribution >= 0.6 is 7.60 Å². The molecule has 0 aliphatic rings. The van der Waals surface area contributed by atoms with E-state index in [1.807, 2.05) is 0 Å². The molecule has 0 amide bonds. The molecule has 0 heterocycles. The Labute approximate surface area is 69.2 Å². The Kier molecular flexibility index (Phi) is 5.37. The van der Waals surface area contributed by atoms with Crippen LogP contribution in [0.2, 0.25) is 0 Å². The van der Waals surface area contributed by atoms with E-state index < -0.39 is 7.60 Å². The Balaban J connectivity index is 4.14. The van der Waals surface area contributed by atoms with Crippen LogP contribution in [-0.2, 0) is 13.6 Å². The van der Waals surface area contributed by atoms with Gasteiger partial charge in [0, 0.05) is 0 Å². The van der Waals surface area contributed by atoms with Gasteiger partial charge >= 0.3 is 7.60 Å². The minimum absolute atomic E-state index is 0.0294. The third kappa shape index (κ3) is 4.13. The maximum absolute atomic E-state index is 11.4. The molecule has 0 aromatic heterocycles. The minimum Gasteiger partial charge on any atom is -0.422 e. The second-order valence-electron chi connectivity index (χ2n) is 1.66. The predicted molar refractivity (Wildman–Crippen MR) is 40.8 cm³/mol. The highest BCUT2D eigenvalue weighted by atomic mass is 31.2. The monoisotopic (exact) mass is 198 g/mol. The number of hydrogen-bond donors (Lipinski definition) is 0. The van der Waals surface area contributed by atoms with Crippen molar-refractivity contribution in [3.63, 3.8) is 0 Å². The van der Waals surface area contributed by atoms with E-state index in [4.69, 9.17) is 0 Å². The summed E-state index contributed by atoms with van der Waals surface area (Å²) in [6.07, 6.45) is 1.37. The van der Waals surface area contributed by atoms with Gasteiger partial charge in [0.2, 0.25) is 0 Å². The summed E-state index contributed by atoms with van der Waals surface area (Å²) in [7, 11) is -3.39. The van der Waals surface area contributed by atoms with Crippen molar-refractivity contribution < 1.29 is 22.4 Å². The molecule has 12 heavy (non-hydrogen) atoms. The molecule has 0 rings (SSSR count). The highest BCUT2D eigenvalue weighted by molar-refractivity contribution is 7.53. The van der Waals surface area contributed by atoms with E-state index in [9.17, 15) is 13.3 Å². The summed E-state index contributed by atoms with van der Waals surface area (Å²) in [5, 5.41) is 0. The number of rotatable bonds is 5. The van der Waals surface area contributed by atoms with E-state index in [1.165, 1.54) is 6.92 Å². The van der Waals surface area contributed by atoms with Crippen molar-refractivity contribution in [2.45, 2.75) is 6.92 Å². The third-order valence-electron chi connectivity index (χ3n) is 0.933. The molecule has 0 aliphatic heterocycles. The first-order valence-corrected chi connectivity index (χ1v) is 4.87. The Morgan fingerprint density at radius 3 is 1.92 bits per heavy atom. The summed E-state index contributed by atoms with van der Waals surface area (Å²) in [4.78, 5) is 0. The second kappa shape index (κ2) is 5.77. The predicted octanol–water partition coefficient (Wildman–Crippen LogP) is 3.11. The van der Waals surface area contributed by atoms with E-state index in [-0.39, 0.29) is 18.8 Å². The van der Waals surface area contributed by atoms with Crippen LogP contribution in [0.4, 0.5) is 8.78 Å². The topological polar surface area (TPSA) is 35.5 Å². The molecule has 0 aliphatic carbocycles. The van der Waals surface area contributed by atoms with Gasteiger partial charge in [0.25, 0.3) is 0 Å². The molecule has 0 saturated carbocycles. The zero-order chi connectivity index (χ0) is 9.45. The van der Waals surface area contributed by atoms with Gasteiger partial charge in [-0.05, 0) is 0 Å². The lowest BCUT2D eigenvalue weighted by molar-refractivity contribution is 0.322. The van der Waals surface area contributed by atoms with Crippen molar-refractivity contribution in [2.75, 3.05) is 6.16 Å². The second-order valence-corrected chi connectivity index (χ2v) is 3.94. The fourth-order valence-electron chi connectivity index (χ4n) is 0.405. The van der Waals surface area contributed by atoms with Gasteiger partial charge < -0.3 is 9.05 Å². The van der Waals surface area contributed by atoms with Crippen LogP contribution in [0.5, 0.6) is 0 Å². The van der Waals surface area contributed by atoms with Crippen LogP contribution in [0.25, 0.3) is 0 Å². The van der Waals surface area contributed by atoms with Gasteiger partial charge in [0.1, 0.15) is 25.2 Å². The average molecular weight is 198 g/mol. The fraction of sp³-hybridized carbons (Fsp3) is 0.333. The van der Waals surface area contributed by atoms with Crippen LogP contribution < -0.4 is 0 Å². The summed E-state index contributed by atoms with van der Waals surface area (Å²) in [5.41, 5.74) is 0. The molecule has 70 valence electrons. The molecule has 0 bridgehead atoms. The number of halogens is 2. The lowest BCUT2D eigenvalue weighted by atomic mass is 11.0. The molecule has 0 aromatic rings. The van der Waals surface area contributed by atoms with Gasteiger partial charge in [-0.15, -0.1) is 0 Å². The van der Waals surface area contributed by atoms with Gasteiger partial charge in [-0.1, -0.05) is 6.92 Å². The van der Waals surface area contributed by atoms with Gasteiger partial charge in [0.05, 0.1) is 6.16 Å². The minimum atomic E-state index is -3.39. The summed E-state index contributed by atoms with van der Waals surface area (Å²) in [5.74, 6) is 0. The van der Waals surface area contributed by atoms with Gasteiger partial charge in [-0.2, -0.15) is 0 Å². The molecule has 0 spiro atoms. The standard InChI is InChI=1S/C6H9F2O3P/c1-2-12(9,10-5-3-7)11-6-4-8/h3-6H,2H2,1H3. The molecule has 0 fully saturated rings. The molecule has 3 nitrogen and oxygen atoms in total. The molecular weight excluding hydrogens is 189 g/mol. The van der Waals surface area contributed by atoms with Gasteiger partial charge in [-0.25, -0.2) is 13.3 Å². The normalized spacial score (nSPS) is 16.6. The fourth-order valence-corrected chi connectivity index (χ4v) is 1.22. The van der Waals surface area contributed by atoms with Crippen LogP contribution in [0.1, 0.15) is 6.92 Å². The van der Waals surface area contributed by atoms with Crippen LogP contribution in [0.3, 0.4) is 0 Å². The molecule has 0 aromatic carbocycles. The average Bonchev–Trinajstić information content (AvgIpc) is 2.11. The third-order valence-corrected chi connectivity index (χ3v) is 2.59. The van der Waals surface area contributed by atoms with Crippen molar-refractivity contribution in [1.82, 2.24) is 0 Å². The van der Waals surface area contributed by atoms with Crippen LogP contribution in [0, 0.1) is 0 Å². The smallest absolute Gasteiger partial charge is 0.422 e. The number of hydrogen-bond acceptors (Lipinski definition) is 3. The Morgan fingerprint density at radius 2 is 1.67 bits per heavy atom. The van der Waals surface area contributed by atoms with Gasteiger partial charge in [-0.3, -0.25) is 0 Å². The van der Waals surface area contributed by atoms with Crippen molar-refractivity contribution in [3.8, 4) is 0 Å². The Hall–Kier alpha value is -0.830. The first kappa shape index (κ1) is 11.2. The summed E-state index contributed by atoms with van der Waals surface area (Å²) < 4.78 is 42.8. The van der Waals surface area contributed by atoms with E-state index in [0.29, 0.717) is 12.5 Å². The lowest BCUT2D eigenvalue weighted by Gasteiger charge is -2.12. The maximum atomic E-state index is 11.4. The SMILES string of the molecule is CCP(=O)(OC=CF)OC=CF. The Morgan fingerprint density at radius 1 is 1.25 bits per heavy atom. The van der Waals surface area contributed by atoms with Crippen molar-refractivity contribution in [1.29, 1.82) is 0 Å². The first-order chi connectivity index (χ1) is 5.68. The van der Waals surface area contributed by atoms with E-state index in [0.717, 1.165) is 0 Å².